The summed E-state index contributed by atoms with van der Waals surface area (Å²) in [7, 11) is 0. The normalized spacial score (nSPS) is 12.3. The molecule has 2 nitrogen and oxygen atoms in total. The number of alkyl halides is 4. The molecule has 1 heterocycles. The van der Waals surface area contributed by atoms with Crippen molar-refractivity contribution in [3.63, 3.8) is 0 Å². The van der Waals surface area contributed by atoms with Crippen LogP contribution in [0, 0.1) is 0 Å². The summed E-state index contributed by atoms with van der Waals surface area (Å²) in [5.74, 6) is 0. The number of benzene rings is 1. The SMILES string of the molecule is FC(F)(F)c1cc(CBr)cc2[nH]cnc12. The van der Waals surface area contributed by atoms with E-state index in [2.05, 4.69) is 25.9 Å². The molecule has 0 unspecified atom stereocenters. The quantitative estimate of drug-likeness (QED) is 0.795. The lowest BCUT2D eigenvalue weighted by molar-refractivity contribution is -0.136. The van der Waals surface area contributed by atoms with Crippen LogP contribution < -0.4 is 0 Å². The van der Waals surface area contributed by atoms with Crippen molar-refractivity contribution in [1.82, 2.24) is 9.97 Å². The van der Waals surface area contributed by atoms with Gasteiger partial charge in [0.1, 0.15) is 5.52 Å². The third kappa shape index (κ3) is 1.86. The number of rotatable bonds is 1. The minimum absolute atomic E-state index is 0.0350. The molecule has 0 radical (unpaired) electrons. The number of aromatic amines is 1. The lowest BCUT2D eigenvalue weighted by Crippen LogP contribution is -2.06. The van der Waals surface area contributed by atoms with Crippen molar-refractivity contribution >= 4 is 27.0 Å². The molecule has 0 amide bonds. The molecular formula is C9H6BrF3N2. The summed E-state index contributed by atoms with van der Waals surface area (Å²) in [4.78, 5) is 6.34. The first-order valence-electron chi connectivity index (χ1n) is 4.11. The fraction of sp³-hybridized carbons (Fsp3) is 0.222. The molecule has 0 saturated carbocycles. The van der Waals surface area contributed by atoms with E-state index in [1.165, 1.54) is 6.33 Å². The number of halogens is 4. The van der Waals surface area contributed by atoms with E-state index in [1.54, 1.807) is 6.07 Å². The van der Waals surface area contributed by atoms with Crippen LogP contribution in [0.25, 0.3) is 11.0 Å². The molecule has 0 aliphatic rings. The van der Waals surface area contributed by atoms with Crippen LogP contribution in [0.3, 0.4) is 0 Å². The Morgan fingerprint density at radius 2 is 2.07 bits per heavy atom. The molecule has 0 atom stereocenters. The van der Waals surface area contributed by atoms with Gasteiger partial charge in [0, 0.05) is 5.33 Å². The number of imidazole rings is 1. The smallest absolute Gasteiger partial charge is 0.345 e. The van der Waals surface area contributed by atoms with Crippen molar-refractivity contribution in [2.75, 3.05) is 0 Å². The van der Waals surface area contributed by atoms with Crippen molar-refractivity contribution in [3.05, 3.63) is 29.6 Å². The molecule has 80 valence electrons. The summed E-state index contributed by atoms with van der Waals surface area (Å²) in [6.07, 6.45) is -3.11. The van der Waals surface area contributed by atoms with Crippen molar-refractivity contribution in [2.45, 2.75) is 11.5 Å². The Labute approximate surface area is 91.6 Å². The fourth-order valence-corrected chi connectivity index (χ4v) is 1.73. The largest absolute Gasteiger partial charge is 0.418 e. The van der Waals surface area contributed by atoms with Crippen LogP contribution >= 0.6 is 15.9 Å². The van der Waals surface area contributed by atoms with Gasteiger partial charge in [0.2, 0.25) is 0 Å². The average molecular weight is 279 g/mol. The number of H-pyrrole nitrogens is 1. The predicted octanol–water partition coefficient (Wildman–Crippen LogP) is 3.48. The lowest BCUT2D eigenvalue weighted by atomic mass is 10.1. The van der Waals surface area contributed by atoms with Gasteiger partial charge in [-0.2, -0.15) is 13.2 Å². The Hall–Kier alpha value is -1.04. The summed E-state index contributed by atoms with van der Waals surface area (Å²) in [5, 5.41) is 0.380. The average Bonchev–Trinajstić information content (AvgIpc) is 2.61. The summed E-state index contributed by atoms with van der Waals surface area (Å²) in [5.41, 5.74) is 0.237. The number of aromatic nitrogens is 2. The monoisotopic (exact) mass is 278 g/mol. The first-order valence-corrected chi connectivity index (χ1v) is 5.23. The van der Waals surface area contributed by atoms with Crippen LogP contribution in [0.15, 0.2) is 18.5 Å². The molecule has 1 N–H and O–H groups in total. The highest BCUT2D eigenvalue weighted by Crippen LogP contribution is 2.34. The predicted molar refractivity (Wildman–Crippen MR) is 53.7 cm³/mol. The topological polar surface area (TPSA) is 28.7 Å². The minimum Gasteiger partial charge on any atom is -0.345 e. The molecule has 0 saturated heterocycles. The van der Waals surface area contributed by atoms with Gasteiger partial charge in [-0.15, -0.1) is 0 Å². The Balaban J connectivity index is 2.74. The molecule has 0 aliphatic heterocycles. The van der Waals surface area contributed by atoms with Crippen LogP contribution in [-0.4, -0.2) is 9.97 Å². The molecule has 0 spiro atoms. The van der Waals surface area contributed by atoms with Gasteiger partial charge in [0.25, 0.3) is 0 Å². The second-order valence-electron chi connectivity index (χ2n) is 3.07. The second kappa shape index (κ2) is 3.52. The molecular weight excluding hydrogens is 273 g/mol. The molecule has 1 aromatic heterocycles. The van der Waals surface area contributed by atoms with E-state index in [4.69, 9.17) is 0 Å². The number of nitrogens with zero attached hydrogens (tertiary/aromatic N) is 1. The van der Waals surface area contributed by atoms with E-state index >= 15 is 0 Å². The van der Waals surface area contributed by atoms with E-state index < -0.39 is 11.7 Å². The summed E-state index contributed by atoms with van der Waals surface area (Å²) in [6.45, 7) is 0. The van der Waals surface area contributed by atoms with Crippen molar-refractivity contribution < 1.29 is 13.2 Å². The Kier molecular flexibility index (Phi) is 2.46. The number of nitrogens with one attached hydrogen (secondary N) is 1. The van der Waals surface area contributed by atoms with Gasteiger partial charge in [-0.25, -0.2) is 4.98 Å². The highest BCUT2D eigenvalue weighted by atomic mass is 79.9. The fourth-order valence-electron chi connectivity index (χ4n) is 1.40. The summed E-state index contributed by atoms with van der Waals surface area (Å²) in [6, 6.07) is 2.75. The van der Waals surface area contributed by atoms with Gasteiger partial charge in [-0.05, 0) is 17.7 Å². The van der Waals surface area contributed by atoms with Gasteiger partial charge in [-0.3, -0.25) is 0 Å². The van der Waals surface area contributed by atoms with Crippen LogP contribution in [0.1, 0.15) is 11.1 Å². The standard InChI is InChI=1S/C9H6BrF3N2/c10-3-5-1-6(9(11,12)13)8-7(2-5)14-4-15-8/h1-2,4H,3H2,(H,14,15). The minimum atomic E-state index is -4.37. The zero-order chi connectivity index (χ0) is 11.1. The molecule has 0 aliphatic carbocycles. The van der Waals surface area contributed by atoms with E-state index in [9.17, 15) is 13.2 Å². The zero-order valence-corrected chi connectivity index (χ0v) is 8.98. The first kappa shape index (κ1) is 10.5. The lowest BCUT2D eigenvalue weighted by Gasteiger charge is -2.08. The van der Waals surface area contributed by atoms with E-state index in [0.29, 0.717) is 16.4 Å². The number of hydrogen-bond donors (Lipinski definition) is 1. The van der Waals surface area contributed by atoms with Gasteiger partial charge in [0.15, 0.2) is 0 Å². The van der Waals surface area contributed by atoms with Crippen LogP contribution in [0.5, 0.6) is 0 Å². The number of fused-ring (bicyclic) bond motifs is 1. The second-order valence-corrected chi connectivity index (χ2v) is 3.63. The van der Waals surface area contributed by atoms with Crippen LogP contribution in [0.4, 0.5) is 13.2 Å². The molecule has 1 aromatic carbocycles. The van der Waals surface area contributed by atoms with E-state index in [1.807, 2.05) is 0 Å². The molecule has 6 heteroatoms. The van der Waals surface area contributed by atoms with Crippen molar-refractivity contribution in [2.24, 2.45) is 0 Å². The third-order valence-electron chi connectivity index (χ3n) is 2.04. The maximum absolute atomic E-state index is 12.6. The summed E-state index contributed by atoms with van der Waals surface area (Å²) < 4.78 is 37.9. The first-order chi connectivity index (χ1) is 7.02. The highest BCUT2D eigenvalue weighted by molar-refractivity contribution is 9.08. The van der Waals surface area contributed by atoms with Gasteiger partial charge >= 0.3 is 6.18 Å². The number of hydrogen-bond acceptors (Lipinski definition) is 1. The maximum atomic E-state index is 12.6. The Morgan fingerprint density at radius 1 is 1.33 bits per heavy atom. The van der Waals surface area contributed by atoms with Crippen molar-refractivity contribution in [1.29, 1.82) is 0 Å². The Bertz CT molecular complexity index is 490. The maximum Gasteiger partial charge on any atom is 0.418 e. The molecule has 2 aromatic rings. The van der Waals surface area contributed by atoms with Gasteiger partial charge in [-0.1, -0.05) is 15.9 Å². The Morgan fingerprint density at radius 3 is 2.67 bits per heavy atom. The van der Waals surface area contributed by atoms with E-state index in [0.717, 1.165) is 6.07 Å². The van der Waals surface area contributed by atoms with Crippen LogP contribution in [-0.2, 0) is 11.5 Å². The van der Waals surface area contributed by atoms with Gasteiger partial charge in [0.05, 0.1) is 17.4 Å². The summed E-state index contributed by atoms with van der Waals surface area (Å²) >= 11 is 3.13. The third-order valence-corrected chi connectivity index (χ3v) is 2.69. The van der Waals surface area contributed by atoms with Crippen LogP contribution in [0.2, 0.25) is 0 Å². The molecule has 15 heavy (non-hydrogen) atoms. The van der Waals surface area contributed by atoms with Gasteiger partial charge < -0.3 is 4.98 Å². The molecule has 0 bridgehead atoms. The van der Waals surface area contributed by atoms with Crippen molar-refractivity contribution in [3.8, 4) is 0 Å². The highest BCUT2D eigenvalue weighted by Gasteiger charge is 2.33. The zero-order valence-electron chi connectivity index (χ0n) is 7.40. The molecule has 2 rings (SSSR count). The molecule has 0 fully saturated rings. The van der Waals surface area contributed by atoms with E-state index in [-0.39, 0.29) is 5.52 Å².